The lowest BCUT2D eigenvalue weighted by molar-refractivity contribution is -0.137. The van der Waals surface area contributed by atoms with E-state index in [1.54, 1.807) is 19.1 Å². The van der Waals surface area contributed by atoms with Crippen LogP contribution >= 0.6 is 0 Å². The molecule has 9 nitrogen and oxygen atoms in total. The fraction of sp³-hybridized carbons (Fsp3) is 0.286. The van der Waals surface area contributed by atoms with E-state index in [2.05, 4.69) is 5.32 Å². The summed E-state index contributed by atoms with van der Waals surface area (Å²) in [5, 5.41) is 33.8. The number of benzene rings is 2. The highest BCUT2D eigenvalue weighted by molar-refractivity contribution is 6.31. The molecule has 0 spiro atoms. The Bertz CT molecular complexity index is 1420. The first kappa shape index (κ1) is 25.7. The predicted molar refractivity (Wildman–Crippen MR) is 133 cm³/mol. The first-order valence-corrected chi connectivity index (χ1v) is 11.7. The van der Waals surface area contributed by atoms with Gasteiger partial charge in [-0.25, -0.2) is 0 Å². The number of nitrogens with one attached hydrogen (secondary N) is 1. The number of carbonyl (C=O) groups is 4. The highest BCUT2D eigenvalue weighted by Gasteiger charge is 2.56. The normalized spacial score (nSPS) is 20.4. The van der Waals surface area contributed by atoms with Crippen molar-refractivity contribution in [2.45, 2.75) is 45.4 Å². The van der Waals surface area contributed by atoms with Gasteiger partial charge in [0.2, 0.25) is 0 Å². The van der Waals surface area contributed by atoms with Gasteiger partial charge in [-0.15, -0.1) is 0 Å². The quantitative estimate of drug-likeness (QED) is 0.252. The largest absolute Gasteiger partial charge is 0.507 e. The summed E-state index contributed by atoms with van der Waals surface area (Å²) in [5.41, 5.74) is -0.904. The zero-order valence-electron chi connectivity index (χ0n) is 20.8. The lowest BCUT2D eigenvalue weighted by Crippen LogP contribution is -2.41. The minimum absolute atomic E-state index is 0.00934. The molecule has 0 bridgehead atoms. The number of phenols is 2. The Labute approximate surface area is 213 Å². The van der Waals surface area contributed by atoms with Crippen LogP contribution in [0, 0.1) is 6.92 Å². The summed E-state index contributed by atoms with van der Waals surface area (Å²) in [5.74, 6) is -4.28. The van der Waals surface area contributed by atoms with Crippen LogP contribution in [0.1, 0.15) is 60.2 Å². The SMILES string of the molecule is CC(=O)c1c(O)c(C)c(O)c2c1OC1=CC(=O)C(=C(C)NCC(CC(=O)O)c3ccccc3)C(=O)[C@@]12C. The van der Waals surface area contributed by atoms with E-state index >= 15 is 0 Å². The van der Waals surface area contributed by atoms with Crippen molar-refractivity contribution in [3.8, 4) is 17.2 Å². The van der Waals surface area contributed by atoms with Crippen molar-refractivity contribution in [1.29, 1.82) is 0 Å². The molecule has 2 atom stereocenters. The van der Waals surface area contributed by atoms with Gasteiger partial charge in [-0.2, -0.15) is 0 Å². The van der Waals surface area contributed by atoms with Crippen molar-refractivity contribution >= 4 is 23.3 Å². The zero-order chi connectivity index (χ0) is 27.2. The molecule has 2 aliphatic rings. The van der Waals surface area contributed by atoms with E-state index in [0.29, 0.717) is 0 Å². The number of hydrogen-bond acceptors (Lipinski definition) is 8. The molecule has 2 aromatic carbocycles. The minimum Gasteiger partial charge on any atom is -0.507 e. The van der Waals surface area contributed by atoms with E-state index in [9.17, 15) is 34.5 Å². The van der Waals surface area contributed by atoms with Crippen molar-refractivity contribution in [2.75, 3.05) is 6.54 Å². The highest BCUT2D eigenvalue weighted by Crippen LogP contribution is 2.57. The summed E-state index contributed by atoms with van der Waals surface area (Å²) < 4.78 is 5.76. The van der Waals surface area contributed by atoms with Crippen molar-refractivity contribution < 1.29 is 39.2 Å². The third-order valence-electron chi connectivity index (χ3n) is 7.07. The summed E-state index contributed by atoms with van der Waals surface area (Å²) in [7, 11) is 0. The summed E-state index contributed by atoms with van der Waals surface area (Å²) in [6.45, 7) is 5.83. The molecule has 1 aliphatic heterocycles. The fourth-order valence-electron chi connectivity index (χ4n) is 4.97. The van der Waals surface area contributed by atoms with Crippen molar-refractivity contribution in [3.05, 3.63) is 75.7 Å². The standard InChI is InChI=1S/C28H27NO8/c1-13-24(34)22(15(3)30)26-23(25(13)35)28(4)19(37-26)11-18(31)21(27(28)36)14(2)29-12-17(10-20(32)33)16-8-6-5-7-9-16/h5-9,11,17,29,34-35H,10,12H2,1-4H3,(H,32,33)/t17?,28-/m0/s1. The number of phenolic OH excluding ortho intramolecular Hbond substituents is 2. The van der Waals surface area contributed by atoms with Crippen LogP contribution < -0.4 is 10.1 Å². The molecule has 1 aliphatic carbocycles. The maximum absolute atomic E-state index is 13.9. The van der Waals surface area contributed by atoms with E-state index in [1.807, 2.05) is 18.2 Å². The second kappa shape index (κ2) is 9.24. The Morgan fingerprint density at radius 3 is 2.32 bits per heavy atom. The number of allylic oxidation sites excluding steroid dienone is 4. The minimum atomic E-state index is -1.62. The van der Waals surface area contributed by atoms with Crippen LogP contribution in [0.25, 0.3) is 0 Å². The Kier molecular flexibility index (Phi) is 6.41. The summed E-state index contributed by atoms with van der Waals surface area (Å²) >= 11 is 0. The van der Waals surface area contributed by atoms with Gasteiger partial charge >= 0.3 is 5.97 Å². The second-order valence-corrected chi connectivity index (χ2v) is 9.47. The molecule has 0 saturated heterocycles. The van der Waals surface area contributed by atoms with E-state index in [1.165, 1.54) is 20.8 Å². The molecule has 4 N–H and O–H groups in total. The lowest BCUT2D eigenvalue weighted by Gasteiger charge is -2.29. The topological polar surface area (TPSA) is 150 Å². The molecule has 0 aromatic heterocycles. The van der Waals surface area contributed by atoms with E-state index in [4.69, 9.17) is 4.74 Å². The summed E-state index contributed by atoms with van der Waals surface area (Å²) in [4.78, 5) is 50.7. The van der Waals surface area contributed by atoms with Crippen LogP contribution in [0.3, 0.4) is 0 Å². The number of carboxylic acids is 1. The molecule has 0 saturated carbocycles. The first-order chi connectivity index (χ1) is 17.4. The average Bonchev–Trinajstić information content (AvgIpc) is 3.13. The van der Waals surface area contributed by atoms with Gasteiger partial charge in [0, 0.05) is 29.8 Å². The molecule has 1 heterocycles. The van der Waals surface area contributed by atoms with Crippen LogP contribution in [0.5, 0.6) is 17.2 Å². The molecule has 0 radical (unpaired) electrons. The molecule has 9 heteroatoms. The van der Waals surface area contributed by atoms with E-state index in [0.717, 1.165) is 11.6 Å². The Morgan fingerprint density at radius 1 is 1.08 bits per heavy atom. The number of ether oxygens (including phenoxy) is 1. The molecule has 37 heavy (non-hydrogen) atoms. The van der Waals surface area contributed by atoms with Crippen molar-refractivity contribution in [2.24, 2.45) is 0 Å². The Balaban J connectivity index is 1.76. The van der Waals surface area contributed by atoms with Crippen LogP contribution in [0.15, 0.2) is 53.4 Å². The highest BCUT2D eigenvalue weighted by atomic mass is 16.5. The third-order valence-corrected chi connectivity index (χ3v) is 7.07. The molecule has 4 rings (SSSR count). The van der Waals surface area contributed by atoms with Gasteiger partial charge in [-0.05, 0) is 33.3 Å². The Morgan fingerprint density at radius 2 is 1.73 bits per heavy atom. The van der Waals surface area contributed by atoms with E-state index in [-0.39, 0.29) is 52.4 Å². The lowest BCUT2D eigenvalue weighted by atomic mass is 9.70. The summed E-state index contributed by atoms with van der Waals surface area (Å²) in [6, 6.07) is 9.04. The third kappa shape index (κ3) is 4.06. The zero-order valence-corrected chi connectivity index (χ0v) is 20.8. The van der Waals surface area contributed by atoms with Gasteiger partial charge in [0.25, 0.3) is 0 Å². The van der Waals surface area contributed by atoms with E-state index < -0.39 is 46.2 Å². The molecule has 192 valence electrons. The number of hydrogen-bond donors (Lipinski definition) is 4. The monoisotopic (exact) mass is 505 g/mol. The Hall–Kier alpha value is -4.40. The molecule has 2 aromatic rings. The first-order valence-electron chi connectivity index (χ1n) is 11.7. The van der Waals surface area contributed by atoms with Gasteiger partial charge in [-0.1, -0.05) is 30.3 Å². The number of ketones is 3. The summed E-state index contributed by atoms with van der Waals surface area (Å²) in [6.07, 6.45) is 0.985. The number of fused-ring (bicyclic) bond motifs is 3. The molecular formula is C28H27NO8. The van der Waals surface area contributed by atoms with Gasteiger partial charge in [0.05, 0.1) is 17.6 Å². The molecule has 0 amide bonds. The van der Waals surface area contributed by atoms with Gasteiger partial charge < -0.3 is 25.4 Å². The van der Waals surface area contributed by atoms with Crippen LogP contribution in [-0.2, 0) is 19.8 Å². The number of aromatic hydroxyl groups is 2. The molecule has 0 fully saturated rings. The maximum atomic E-state index is 13.9. The number of carboxylic acid groups (broad SMARTS) is 1. The molecular weight excluding hydrogens is 478 g/mol. The fourth-order valence-corrected chi connectivity index (χ4v) is 4.97. The number of carbonyl (C=O) groups excluding carboxylic acids is 3. The van der Waals surface area contributed by atoms with Crippen LogP contribution in [-0.4, -0.2) is 45.2 Å². The van der Waals surface area contributed by atoms with Crippen molar-refractivity contribution in [1.82, 2.24) is 5.32 Å². The van der Waals surface area contributed by atoms with Crippen LogP contribution in [0.2, 0.25) is 0 Å². The van der Waals surface area contributed by atoms with Gasteiger partial charge in [-0.3, -0.25) is 19.2 Å². The predicted octanol–water partition coefficient (Wildman–Crippen LogP) is 3.42. The second-order valence-electron chi connectivity index (χ2n) is 9.47. The van der Waals surface area contributed by atoms with Crippen LogP contribution in [0.4, 0.5) is 0 Å². The maximum Gasteiger partial charge on any atom is 0.304 e. The van der Waals surface area contributed by atoms with Crippen molar-refractivity contribution in [3.63, 3.8) is 0 Å². The number of aliphatic carboxylic acids is 1. The molecule has 1 unspecified atom stereocenters. The van der Waals surface area contributed by atoms with Gasteiger partial charge in [0.1, 0.15) is 34.0 Å². The smallest absolute Gasteiger partial charge is 0.304 e. The number of Topliss-reactive ketones (excluding diaryl/α,β-unsaturated/α-hetero) is 2. The van der Waals surface area contributed by atoms with Gasteiger partial charge in [0.15, 0.2) is 17.3 Å². The number of rotatable bonds is 7. The average molecular weight is 506 g/mol.